The van der Waals surface area contributed by atoms with Crippen LogP contribution in [0.1, 0.15) is 95.5 Å². The third-order valence-electron chi connectivity index (χ3n) is 7.94. The molecule has 4 rings (SSSR count). The zero-order valence-electron chi connectivity index (χ0n) is 18.5. The zero-order chi connectivity index (χ0) is 22.0. The highest BCUT2D eigenvalue weighted by molar-refractivity contribution is 6.32. The summed E-state index contributed by atoms with van der Waals surface area (Å²) in [7, 11) is 0. The van der Waals surface area contributed by atoms with Gasteiger partial charge in [0.25, 0.3) is 0 Å². The molecule has 0 spiro atoms. The monoisotopic (exact) mass is 450 g/mol. The third-order valence-corrected chi connectivity index (χ3v) is 8.32. The molecular formula is C27H34ClF3. The molecule has 0 saturated heterocycles. The number of hydrogen-bond donors (Lipinski definition) is 0. The molecule has 2 aromatic rings. The maximum atomic E-state index is 14.9. The van der Waals surface area contributed by atoms with Crippen molar-refractivity contribution in [3.05, 3.63) is 46.2 Å². The summed E-state index contributed by atoms with van der Waals surface area (Å²) in [6.07, 6.45) is 15.1. The average molecular weight is 451 g/mol. The molecule has 170 valence electrons. The SMILES string of the molecule is CCCCCCCC1CCC2CC(c3cc4cc(F)cc(F)c4c(F)c3Cl)CCC2C1. The first-order valence-electron chi connectivity index (χ1n) is 12.2. The van der Waals surface area contributed by atoms with Crippen molar-refractivity contribution in [2.75, 3.05) is 0 Å². The van der Waals surface area contributed by atoms with Crippen molar-refractivity contribution in [1.82, 2.24) is 0 Å². The summed E-state index contributed by atoms with van der Waals surface area (Å²) < 4.78 is 42.7. The van der Waals surface area contributed by atoms with E-state index < -0.39 is 17.5 Å². The van der Waals surface area contributed by atoms with E-state index in [1.165, 1.54) is 63.9 Å². The second-order valence-electron chi connectivity index (χ2n) is 9.99. The predicted molar refractivity (Wildman–Crippen MR) is 123 cm³/mol. The molecule has 2 aliphatic carbocycles. The van der Waals surface area contributed by atoms with E-state index in [4.69, 9.17) is 11.6 Å². The molecule has 2 aromatic carbocycles. The Balaban J connectivity index is 1.42. The number of rotatable bonds is 7. The van der Waals surface area contributed by atoms with Crippen LogP contribution in [0.3, 0.4) is 0 Å². The average Bonchev–Trinajstić information content (AvgIpc) is 2.75. The van der Waals surface area contributed by atoms with Gasteiger partial charge < -0.3 is 0 Å². The Kier molecular flexibility index (Phi) is 7.52. The Hall–Kier alpha value is -1.22. The molecular weight excluding hydrogens is 417 g/mol. The minimum absolute atomic E-state index is 0.0159. The third kappa shape index (κ3) is 5.07. The van der Waals surface area contributed by atoms with E-state index in [0.29, 0.717) is 5.92 Å². The van der Waals surface area contributed by atoms with Crippen molar-refractivity contribution in [3.8, 4) is 0 Å². The number of unbranched alkanes of at least 4 members (excludes halogenated alkanes) is 4. The fraction of sp³-hybridized carbons (Fsp3) is 0.630. The largest absolute Gasteiger partial charge is 0.207 e. The summed E-state index contributed by atoms with van der Waals surface area (Å²) in [5.74, 6) is 0.142. The number of fused-ring (bicyclic) bond motifs is 2. The second kappa shape index (κ2) is 10.1. The maximum absolute atomic E-state index is 14.9. The van der Waals surface area contributed by atoms with Crippen LogP contribution in [-0.2, 0) is 0 Å². The van der Waals surface area contributed by atoms with Crippen LogP contribution in [0.15, 0.2) is 18.2 Å². The molecule has 0 aliphatic heterocycles. The molecule has 0 bridgehead atoms. The van der Waals surface area contributed by atoms with Gasteiger partial charge in [-0.05, 0) is 78.9 Å². The van der Waals surface area contributed by atoms with Gasteiger partial charge in [-0.3, -0.25) is 0 Å². The van der Waals surface area contributed by atoms with Crippen LogP contribution in [0.25, 0.3) is 10.8 Å². The van der Waals surface area contributed by atoms with E-state index in [2.05, 4.69) is 6.92 Å². The summed E-state index contributed by atoms with van der Waals surface area (Å²) in [6, 6.07) is 3.65. The van der Waals surface area contributed by atoms with Crippen LogP contribution in [-0.4, -0.2) is 0 Å². The minimum atomic E-state index is -0.891. The Morgan fingerprint density at radius 1 is 0.871 bits per heavy atom. The summed E-state index contributed by atoms with van der Waals surface area (Å²) in [4.78, 5) is 0. The van der Waals surface area contributed by atoms with Crippen molar-refractivity contribution in [1.29, 1.82) is 0 Å². The molecule has 0 N–H and O–H groups in total. The molecule has 0 amide bonds. The lowest BCUT2D eigenvalue weighted by Gasteiger charge is -2.42. The Bertz CT molecular complexity index is 909. The van der Waals surface area contributed by atoms with E-state index in [9.17, 15) is 13.2 Å². The molecule has 0 radical (unpaired) electrons. The molecule has 4 atom stereocenters. The first-order valence-corrected chi connectivity index (χ1v) is 12.6. The molecule has 4 unspecified atom stereocenters. The summed E-state index contributed by atoms with van der Waals surface area (Å²) in [6.45, 7) is 2.26. The number of hydrogen-bond acceptors (Lipinski definition) is 0. The molecule has 2 fully saturated rings. The van der Waals surface area contributed by atoms with Gasteiger partial charge in [-0.25, -0.2) is 13.2 Å². The van der Waals surface area contributed by atoms with Gasteiger partial charge in [0.1, 0.15) is 11.6 Å². The first-order chi connectivity index (χ1) is 15.0. The minimum Gasteiger partial charge on any atom is -0.207 e. The van der Waals surface area contributed by atoms with Crippen LogP contribution in [0.5, 0.6) is 0 Å². The van der Waals surface area contributed by atoms with Crippen molar-refractivity contribution in [2.45, 2.75) is 89.9 Å². The Morgan fingerprint density at radius 3 is 2.42 bits per heavy atom. The van der Waals surface area contributed by atoms with Crippen LogP contribution in [0, 0.1) is 35.2 Å². The van der Waals surface area contributed by atoms with Gasteiger partial charge in [0.2, 0.25) is 0 Å². The standard InChI is InChI=1S/C27H34ClF3/c1-2-3-4-5-6-7-17-8-9-19-13-20(11-10-18(19)12-17)23-15-21-14-22(29)16-24(30)25(21)27(31)26(23)28/h14-20H,2-13H2,1H3. The van der Waals surface area contributed by atoms with Crippen molar-refractivity contribution in [2.24, 2.45) is 17.8 Å². The molecule has 31 heavy (non-hydrogen) atoms. The van der Waals surface area contributed by atoms with Gasteiger partial charge in [-0.15, -0.1) is 0 Å². The predicted octanol–water partition coefficient (Wildman–Crippen LogP) is 9.57. The highest BCUT2D eigenvalue weighted by Crippen LogP contribution is 2.50. The molecule has 2 saturated carbocycles. The van der Waals surface area contributed by atoms with Crippen LogP contribution >= 0.6 is 11.6 Å². The Labute approximate surface area is 189 Å². The van der Waals surface area contributed by atoms with E-state index in [1.807, 2.05) is 0 Å². The highest BCUT2D eigenvalue weighted by atomic mass is 35.5. The van der Waals surface area contributed by atoms with E-state index in [1.54, 1.807) is 6.07 Å². The van der Waals surface area contributed by atoms with E-state index in [-0.39, 0.29) is 21.7 Å². The summed E-state index contributed by atoms with van der Waals surface area (Å²) in [5, 5.41) is 0.0776. The molecule has 0 nitrogen and oxygen atoms in total. The lowest BCUT2D eigenvalue weighted by Crippen LogP contribution is -2.30. The van der Waals surface area contributed by atoms with Gasteiger partial charge in [0.05, 0.1) is 10.4 Å². The summed E-state index contributed by atoms with van der Waals surface area (Å²) >= 11 is 6.37. The molecule has 0 aromatic heterocycles. The fourth-order valence-electron chi connectivity index (χ4n) is 6.27. The smallest absolute Gasteiger partial charge is 0.152 e. The van der Waals surface area contributed by atoms with Gasteiger partial charge in [0.15, 0.2) is 5.82 Å². The van der Waals surface area contributed by atoms with Crippen LogP contribution < -0.4 is 0 Å². The van der Waals surface area contributed by atoms with Gasteiger partial charge in [-0.2, -0.15) is 0 Å². The highest BCUT2D eigenvalue weighted by Gasteiger charge is 2.36. The van der Waals surface area contributed by atoms with Gasteiger partial charge in [0, 0.05) is 6.07 Å². The Morgan fingerprint density at radius 2 is 1.61 bits per heavy atom. The van der Waals surface area contributed by atoms with Crippen molar-refractivity contribution >= 4 is 22.4 Å². The molecule has 4 heteroatoms. The van der Waals surface area contributed by atoms with Gasteiger partial charge >= 0.3 is 0 Å². The first kappa shape index (κ1) is 23.0. The quantitative estimate of drug-likeness (QED) is 0.368. The topological polar surface area (TPSA) is 0 Å². The lowest BCUT2D eigenvalue weighted by atomic mass is 9.63. The molecule has 0 heterocycles. The van der Waals surface area contributed by atoms with Crippen LogP contribution in [0.2, 0.25) is 5.02 Å². The lowest BCUT2D eigenvalue weighted by molar-refractivity contribution is 0.113. The normalized spacial score (nSPS) is 26.2. The number of benzene rings is 2. The van der Waals surface area contributed by atoms with Crippen molar-refractivity contribution in [3.63, 3.8) is 0 Å². The van der Waals surface area contributed by atoms with E-state index in [0.717, 1.165) is 42.7 Å². The van der Waals surface area contributed by atoms with Gasteiger partial charge in [-0.1, -0.05) is 63.5 Å². The maximum Gasteiger partial charge on any atom is 0.152 e. The number of halogens is 4. The fourth-order valence-corrected chi connectivity index (χ4v) is 6.57. The molecule has 2 aliphatic rings. The summed E-state index contributed by atoms with van der Waals surface area (Å²) in [5.41, 5.74) is 0.730. The second-order valence-corrected chi connectivity index (χ2v) is 10.4. The van der Waals surface area contributed by atoms with Crippen molar-refractivity contribution < 1.29 is 13.2 Å². The zero-order valence-corrected chi connectivity index (χ0v) is 19.3. The van der Waals surface area contributed by atoms with E-state index >= 15 is 0 Å². The van der Waals surface area contributed by atoms with Crippen LogP contribution in [0.4, 0.5) is 13.2 Å².